The Kier molecular flexibility index (Phi) is 7.16. The van der Waals surface area contributed by atoms with Crippen molar-refractivity contribution in [3.05, 3.63) is 77.2 Å². The summed E-state index contributed by atoms with van der Waals surface area (Å²) < 4.78 is 5.24. The van der Waals surface area contributed by atoms with E-state index in [-0.39, 0.29) is 19.1 Å². The third-order valence-corrected chi connectivity index (χ3v) is 5.21. The quantitative estimate of drug-likeness (QED) is 0.551. The SMILES string of the molecule is CCOC(=O)c1c(-c2ccccc2)csc1NC(=O)CN(C)Cc1ccccc1. The van der Waals surface area contributed by atoms with E-state index in [4.69, 9.17) is 4.74 Å². The minimum atomic E-state index is -0.430. The molecular formula is C23H24N2O3S. The van der Waals surface area contributed by atoms with E-state index in [9.17, 15) is 9.59 Å². The van der Waals surface area contributed by atoms with Gasteiger partial charge < -0.3 is 10.1 Å². The summed E-state index contributed by atoms with van der Waals surface area (Å²) in [7, 11) is 1.89. The smallest absolute Gasteiger partial charge is 0.341 e. The highest BCUT2D eigenvalue weighted by atomic mass is 32.1. The molecule has 0 atom stereocenters. The van der Waals surface area contributed by atoms with Gasteiger partial charge in [-0.2, -0.15) is 0 Å². The maximum atomic E-state index is 12.6. The highest BCUT2D eigenvalue weighted by Crippen LogP contribution is 2.36. The van der Waals surface area contributed by atoms with E-state index < -0.39 is 5.97 Å². The second kappa shape index (κ2) is 10.0. The van der Waals surface area contributed by atoms with Crippen LogP contribution in [0, 0.1) is 0 Å². The molecule has 0 aliphatic heterocycles. The van der Waals surface area contributed by atoms with Crippen molar-refractivity contribution in [1.29, 1.82) is 0 Å². The van der Waals surface area contributed by atoms with Gasteiger partial charge in [0.1, 0.15) is 10.6 Å². The van der Waals surface area contributed by atoms with E-state index >= 15 is 0 Å². The molecular weight excluding hydrogens is 384 g/mol. The number of anilines is 1. The molecule has 29 heavy (non-hydrogen) atoms. The maximum absolute atomic E-state index is 12.6. The zero-order chi connectivity index (χ0) is 20.6. The molecule has 0 fully saturated rings. The Morgan fingerprint density at radius 2 is 1.69 bits per heavy atom. The van der Waals surface area contributed by atoms with Crippen LogP contribution in [-0.4, -0.2) is 37.0 Å². The molecule has 1 heterocycles. The highest BCUT2D eigenvalue weighted by molar-refractivity contribution is 7.15. The molecule has 2 aromatic carbocycles. The van der Waals surface area contributed by atoms with Crippen LogP contribution in [0.1, 0.15) is 22.8 Å². The number of carbonyl (C=O) groups is 2. The lowest BCUT2D eigenvalue weighted by Gasteiger charge is -2.16. The molecule has 150 valence electrons. The van der Waals surface area contributed by atoms with Crippen LogP contribution in [0.3, 0.4) is 0 Å². The Bertz CT molecular complexity index is 955. The zero-order valence-corrected chi connectivity index (χ0v) is 17.4. The number of likely N-dealkylation sites (N-methyl/N-ethyl adjacent to an activating group) is 1. The predicted octanol–water partition coefficient (Wildman–Crippen LogP) is 4.66. The van der Waals surface area contributed by atoms with E-state index in [0.717, 1.165) is 16.7 Å². The Morgan fingerprint density at radius 1 is 1.03 bits per heavy atom. The number of hydrogen-bond donors (Lipinski definition) is 1. The average molecular weight is 409 g/mol. The Morgan fingerprint density at radius 3 is 2.34 bits per heavy atom. The van der Waals surface area contributed by atoms with Crippen LogP contribution >= 0.6 is 11.3 Å². The second-order valence-corrected chi connectivity index (χ2v) is 7.53. The summed E-state index contributed by atoms with van der Waals surface area (Å²) in [5.74, 6) is -0.601. The second-order valence-electron chi connectivity index (χ2n) is 6.65. The van der Waals surface area contributed by atoms with Gasteiger partial charge in [0.2, 0.25) is 5.91 Å². The largest absolute Gasteiger partial charge is 0.462 e. The minimum Gasteiger partial charge on any atom is -0.462 e. The number of carbonyl (C=O) groups excluding carboxylic acids is 2. The molecule has 5 nitrogen and oxygen atoms in total. The standard InChI is InChI=1S/C23H24N2O3S/c1-3-28-23(27)21-19(18-12-8-5-9-13-18)16-29-22(21)24-20(26)15-25(2)14-17-10-6-4-7-11-17/h4-13,16H,3,14-15H2,1-2H3,(H,24,26). The summed E-state index contributed by atoms with van der Waals surface area (Å²) in [6.07, 6.45) is 0. The summed E-state index contributed by atoms with van der Waals surface area (Å²) >= 11 is 1.33. The van der Waals surface area contributed by atoms with Gasteiger partial charge in [0.25, 0.3) is 0 Å². The van der Waals surface area contributed by atoms with Gasteiger partial charge in [-0.1, -0.05) is 60.7 Å². The molecule has 0 aliphatic rings. The molecule has 0 bridgehead atoms. The number of esters is 1. The molecule has 0 unspecified atom stereocenters. The fraction of sp³-hybridized carbons (Fsp3) is 0.217. The van der Waals surface area contributed by atoms with Crippen molar-refractivity contribution in [2.75, 3.05) is 25.5 Å². The number of hydrogen-bond acceptors (Lipinski definition) is 5. The third-order valence-electron chi connectivity index (χ3n) is 4.32. The van der Waals surface area contributed by atoms with Crippen LogP contribution in [0.2, 0.25) is 0 Å². The fourth-order valence-electron chi connectivity index (χ4n) is 3.05. The van der Waals surface area contributed by atoms with Crippen molar-refractivity contribution < 1.29 is 14.3 Å². The zero-order valence-electron chi connectivity index (χ0n) is 16.6. The van der Waals surface area contributed by atoms with Crippen LogP contribution in [-0.2, 0) is 16.1 Å². The summed E-state index contributed by atoms with van der Waals surface area (Å²) in [5, 5.41) is 5.29. The number of ether oxygens (including phenoxy) is 1. The van der Waals surface area contributed by atoms with Crippen LogP contribution in [0.5, 0.6) is 0 Å². The summed E-state index contributed by atoms with van der Waals surface area (Å²) in [5.41, 5.74) is 3.22. The molecule has 1 aromatic heterocycles. The normalized spacial score (nSPS) is 10.7. The van der Waals surface area contributed by atoms with Crippen molar-refractivity contribution in [3.63, 3.8) is 0 Å². The van der Waals surface area contributed by atoms with Crippen LogP contribution < -0.4 is 5.32 Å². The van der Waals surface area contributed by atoms with Gasteiger partial charge in [-0.15, -0.1) is 11.3 Å². The lowest BCUT2D eigenvalue weighted by Crippen LogP contribution is -2.30. The molecule has 0 spiro atoms. The minimum absolute atomic E-state index is 0.171. The summed E-state index contributed by atoms with van der Waals surface area (Å²) in [4.78, 5) is 27.1. The Hall–Kier alpha value is -2.96. The van der Waals surface area contributed by atoms with Crippen molar-refractivity contribution in [1.82, 2.24) is 4.90 Å². The number of benzene rings is 2. The molecule has 3 aromatic rings. The number of amides is 1. The first-order valence-corrected chi connectivity index (χ1v) is 10.3. The highest BCUT2D eigenvalue weighted by Gasteiger charge is 2.23. The molecule has 1 N–H and O–H groups in total. The topological polar surface area (TPSA) is 58.6 Å². The van der Waals surface area contributed by atoms with Gasteiger partial charge in [-0.05, 0) is 25.1 Å². The maximum Gasteiger partial charge on any atom is 0.341 e. The van der Waals surface area contributed by atoms with Crippen molar-refractivity contribution in [2.45, 2.75) is 13.5 Å². The third kappa shape index (κ3) is 5.53. The van der Waals surface area contributed by atoms with Gasteiger partial charge in [0.15, 0.2) is 0 Å². The van der Waals surface area contributed by atoms with E-state index in [0.29, 0.717) is 17.1 Å². The van der Waals surface area contributed by atoms with Gasteiger partial charge in [0, 0.05) is 17.5 Å². The number of nitrogens with one attached hydrogen (secondary N) is 1. The fourth-order valence-corrected chi connectivity index (χ4v) is 4.02. The van der Waals surface area contributed by atoms with Gasteiger partial charge in [-0.3, -0.25) is 9.69 Å². The molecule has 0 aliphatic carbocycles. The molecule has 0 radical (unpaired) electrons. The first kappa shape index (κ1) is 20.8. The number of nitrogens with zero attached hydrogens (tertiary/aromatic N) is 1. The van der Waals surface area contributed by atoms with Crippen molar-refractivity contribution in [2.24, 2.45) is 0 Å². The first-order chi connectivity index (χ1) is 14.1. The van der Waals surface area contributed by atoms with Crippen molar-refractivity contribution in [3.8, 4) is 11.1 Å². The van der Waals surface area contributed by atoms with Gasteiger partial charge >= 0.3 is 5.97 Å². The molecule has 6 heteroatoms. The molecule has 1 amide bonds. The summed E-state index contributed by atoms with van der Waals surface area (Å²) in [6, 6.07) is 19.6. The molecule has 3 rings (SSSR count). The number of thiophene rings is 1. The lowest BCUT2D eigenvalue weighted by molar-refractivity contribution is -0.117. The Balaban J connectivity index is 1.75. The summed E-state index contributed by atoms with van der Waals surface area (Å²) in [6.45, 7) is 2.92. The predicted molar refractivity (Wildman–Crippen MR) is 117 cm³/mol. The van der Waals surface area contributed by atoms with E-state index in [1.54, 1.807) is 6.92 Å². The first-order valence-electron chi connectivity index (χ1n) is 9.44. The van der Waals surface area contributed by atoms with Crippen LogP contribution in [0.4, 0.5) is 5.00 Å². The van der Waals surface area contributed by atoms with E-state index in [1.165, 1.54) is 11.3 Å². The van der Waals surface area contributed by atoms with Gasteiger partial charge in [-0.25, -0.2) is 4.79 Å². The van der Waals surface area contributed by atoms with E-state index in [1.807, 2.05) is 78.0 Å². The van der Waals surface area contributed by atoms with Crippen LogP contribution in [0.15, 0.2) is 66.0 Å². The molecule has 0 saturated heterocycles. The van der Waals surface area contributed by atoms with Gasteiger partial charge in [0.05, 0.1) is 13.2 Å². The van der Waals surface area contributed by atoms with E-state index in [2.05, 4.69) is 5.32 Å². The van der Waals surface area contributed by atoms with Crippen molar-refractivity contribution >= 4 is 28.2 Å². The monoisotopic (exact) mass is 408 g/mol. The van der Waals surface area contributed by atoms with Crippen LogP contribution in [0.25, 0.3) is 11.1 Å². The number of rotatable bonds is 8. The average Bonchev–Trinajstić information content (AvgIpc) is 3.13. The molecule has 0 saturated carbocycles. The lowest BCUT2D eigenvalue weighted by atomic mass is 10.0. The Labute approximate surface area is 174 Å².